The first-order valence-corrected chi connectivity index (χ1v) is 2.06. The van der Waals surface area contributed by atoms with Gasteiger partial charge < -0.3 is 19.8 Å². The summed E-state index contributed by atoms with van der Waals surface area (Å²) >= 11 is 0. The van der Waals surface area contributed by atoms with Crippen molar-refractivity contribution in [3.05, 3.63) is 0 Å². The molecule has 0 bridgehead atoms. The molecule has 0 amide bonds. The third kappa shape index (κ3) is 45.4. The minimum absolute atomic E-state index is 0. The van der Waals surface area contributed by atoms with E-state index in [9.17, 15) is 8.78 Å². The minimum Gasteiger partial charge on any atom is -0.547 e. The van der Waals surface area contributed by atoms with Crippen LogP contribution in [0.15, 0.2) is 0 Å². The van der Waals surface area contributed by atoms with E-state index in [-0.39, 0.29) is 56.9 Å². The average molecular weight is 381 g/mol. The van der Waals surface area contributed by atoms with Gasteiger partial charge in [-0.2, -0.15) is 0 Å². The number of carboxylic acids is 2. The number of halogens is 2. The maximum Gasteiger partial charge on any atom is 1.00 e. The van der Waals surface area contributed by atoms with Gasteiger partial charge in [0.1, 0.15) is 13.3 Å². The summed E-state index contributed by atoms with van der Waals surface area (Å²) in [5, 5.41) is 17.8. The van der Waals surface area contributed by atoms with Crippen LogP contribution in [0.1, 0.15) is 0 Å². The van der Waals surface area contributed by atoms with E-state index in [1.54, 1.807) is 0 Å². The predicted molar refractivity (Wildman–Crippen MR) is 27.7 cm³/mol. The molecule has 0 saturated carbocycles. The van der Waals surface area contributed by atoms with Crippen LogP contribution in [0.3, 0.4) is 0 Å². The Balaban J connectivity index is -0.0000000457. The van der Waals surface area contributed by atoms with Crippen molar-refractivity contribution in [3.8, 4) is 0 Å². The molecule has 0 saturated heterocycles. The molecule has 0 rings (SSSR count). The first-order chi connectivity index (χ1) is 4.54. The summed E-state index contributed by atoms with van der Waals surface area (Å²) in [6, 6.07) is 0. The molecule has 8 heteroatoms. The van der Waals surface area contributed by atoms with Crippen molar-refractivity contribution in [2.24, 2.45) is 0 Å². The summed E-state index contributed by atoms with van der Waals surface area (Å²) in [6.07, 6.45) is 0. The molecular formula is C4H4F2NaO4Tl. The van der Waals surface area contributed by atoms with Gasteiger partial charge in [-0.05, 0) is 0 Å². The molecule has 0 aromatic rings. The van der Waals surface area contributed by atoms with Crippen molar-refractivity contribution < 1.29 is 58.1 Å². The summed E-state index contributed by atoms with van der Waals surface area (Å²) in [6.45, 7) is -2.78. The van der Waals surface area contributed by atoms with Crippen LogP contribution in [0.25, 0.3) is 0 Å². The van der Waals surface area contributed by atoms with Crippen LogP contribution in [0.5, 0.6) is 0 Å². The molecule has 0 N–H and O–H groups in total. The van der Waals surface area contributed by atoms with Gasteiger partial charge in [0.15, 0.2) is 0 Å². The summed E-state index contributed by atoms with van der Waals surface area (Å²) in [4.78, 5) is 17.8. The van der Waals surface area contributed by atoms with Crippen molar-refractivity contribution in [3.63, 3.8) is 0 Å². The quantitative estimate of drug-likeness (QED) is 0.446. The van der Waals surface area contributed by atoms with Gasteiger partial charge in [-0.15, -0.1) is 0 Å². The van der Waals surface area contributed by atoms with Crippen molar-refractivity contribution in [1.29, 1.82) is 0 Å². The van der Waals surface area contributed by atoms with Crippen LogP contribution in [0.4, 0.5) is 8.78 Å². The molecule has 0 aliphatic carbocycles. The fourth-order valence-corrected chi connectivity index (χ4v) is 0. The van der Waals surface area contributed by atoms with Crippen LogP contribution in [-0.2, 0) is 9.59 Å². The zero-order valence-electron chi connectivity index (χ0n) is 6.38. The maximum absolute atomic E-state index is 10.5. The fraction of sp³-hybridized carbons (Fsp3) is 0.500. The summed E-state index contributed by atoms with van der Waals surface area (Å²) < 4.78 is 20.9. The molecule has 0 unspecified atom stereocenters. The van der Waals surface area contributed by atoms with Gasteiger partial charge in [-0.3, -0.25) is 0 Å². The monoisotopic (exact) mass is 382 g/mol. The smallest absolute Gasteiger partial charge is 0.547 e. The first kappa shape index (κ1) is 23.0. The normalized spacial score (nSPS) is 6.17. The number of carbonyl (C=O) groups excluding carboxylic acids is 2. The molecule has 0 atom stereocenters. The van der Waals surface area contributed by atoms with E-state index in [2.05, 4.69) is 0 Å². The average Bonchev–Trinajstić information content (AvgIpc) is 1.89. The van der Waals surface area contributed by atoms with Crippen molar-refractivity contribution in [1.82, 2.24) is 0 Å². The molecule has 0 radical (unpaired) electrons. The van der Waals surface area contributed by atoms with Gasteiger partial charge in [-0.25, -0.2) is 8.78 Å². The summed E-state index contributed by atoms with van der Waals surface area (Å²) in [5.41, 5.74) is 0. The zero-order chi connectivity index (χ0) is 8.57. The Morgan fingerprint density at radius 1 is 1.00 bits per heavy atom. The number of hydrogen-bond donors (Lipinski definition) is 0. The van der Waals surface area contributed by atoms with Gasteiger partial charge in [0, 0.05) is 0 Å². The number of carbonyl (C=O) groups is 2. The van der Waals surface area contributed by atoms with E-state index in [4.69, 9.17) is 19.8 Å². The topological polar surface area (TPSA) is 80.3 Å². The summed E-state index contributed by atoms with van der Waals surface area (Å²) in [5.74, 6) is -3.32. The predicted octanol–water partition coefficient (Wildman–Crippen LogP) is -5.97. The number of hydrogen-bond acceptors (Lipinski definition) is 4. The van der Waals surface area contributed by atoms with Crippen molar-refractivity contribution in [2.45, 2.75) is 0 Å². The van der Waals surface area contributed by atoms with Crippen LogP contribution >= 0.6 is 0 Å². The Kier molecular flexibility index (Phi) is 33.9. The molecule has 0 aromatic heterocycles. The van der Waals surface area contributed by atoms with E-state index in [1.807, 2.05) is 0 Å². The van der Waals surface area contributed by atoms with Gasteiger partial charge in [0.25, 0.3) is 0 Å². The van der Waals surface area contributed by atoms with Crippen LogP contribution in [0.2, 0.25) is 0 Å². The van der Waals surface area contributed by atoms with Crippen LogP contribution in [0, 0.1) is 0 Å². The Morgan fingerprint density at radius 2 is 1.08 bits per heavy atom. The molecule has 0 fully saturated rings. The fourth-order valence-electron chi connectivity index (χ4n) is 0. The molecule has 62 valence electrons. The van der Waals surface area contributed by atoms with Crippen LogP contribution < -0.4 is 39.8 Å². The van der Waals surface area contributed by atoms with E-state index >= 15 is 0 Å². The first-order valence-electron chi connectivity index (χ1n) is 2.06. The Labute approximate surface area is 110 Å². The zero-order valence-corrected chi connectivity index (χ0v) is 12.9. The standard InChI is InChI=1S/2C2H3FO2.Na.Tl/c2*3-1-2(4)5;;/h2*1H2,(H,4,5);;/q;;2*+1/p-2. The third-order valence-corrected chi connectivity index (χ3v) is 0.218. The van der Waals surface area contributed by atoms with Gasteiger partial charge in [-0.1, -0.05) is 0 Å². The number of aliphatic carboxylic acids is 2. The molecule has 4 nitrogen and oxygen atoms in total. The summed E-state index contributed by atoms with van der Waals surface area (Å²) in [7, 11) is 0. The molecule has 0 aliphatic heterocycles. The Hall–Kier alpha value is 0.722. The minimum atomic E-state index is -1.66. The molecule has 0 aromatic carbocycles. The van der Waals surface area contributed by atoms with E-state index in [1.165, 1.54) is 0 Å². The van der Waals surface area contributed by atoms with E-state index < -0.39 is 25.3 Å². The second-order valence-corrected chi connectivity index (χ2v) is 1.01. The number of alkyl halides is 2. The van der Waals surface area contributed by atoms with Crippen molar-refractivity contribution in [2.75, 3.05) is 13.3 Å². The molecular weight excluding hydrogens is 377 g/mol. The Morgan fingerprint density at radius 3 is 1.08 bits per heavy atom. The van der Waals surface area contributed by atoms with Gasteiger partial charge in [0.05, 0.1) is 11.9 Å². The second-order valence-electron chi connectivity index (χ2n) is 1.01. The maximum atomic E-state index is 10.5. The molecule has 12 heavy (non-hydrogen) atoms. The third-order valence-electron chi connectivity index (χ3n) is 0.218. The molecule has 0 heterocycles. The van der Waals surface area contributed by atoms with Gasteiger partial charge in [0.2, 0.25) is 0 Å². The second kappa shape index (κ2) is 17.7. The van der Waals surface area contributed by atoms with Crippen molar-refractivity contribution >= 4 is 39.2 Å². The van der Waals surface area contributed by atoms with Crippen LogP contribution in [-0.4, -0.2) is 52.6 Å². The number of rotatable bonds is 2. The molecule has 0 aliphatic rings. The SMILES string of the molecule is O=C([O-])CF.O=C([O-])CF.[Na+].[Tl+]. The number of carboxylic acid groups (broad SMARTS) is 2. The Bertz CT molecular complexity index is 110. The van der Waals surface area contributed by atoms with E-state index in [0.717, 1.165) is 0 Å². The molecule has 0 spiro atoms. The van der Waals surface area contributed by atoms with E-state index in [0.29, 0.717) is 0 Å². The largest absolute Gasteiger partial charge is 1.00 e. The van der Waals surface area contributed by atoms with Gasteiger partial charge >= 0.3 is 56.9 Å².